The minimum Gasteiger partial charge on any atom is -0.493 e. The van der Waals surface area contributed by atoms with Gasteiger partial charge in [0.1, 0.15) is 5.69 Å². The van der Waals surface area contributed by atoms with E-state index in [1.807, 2.05) is 29.6 Å². The average Bonchev–Trinajstić information content (AvgIpc) is 3.57. The molecule has 5 aromatic rings. The Hall–Kier alpha value is -4.15. The molecule has 0 unspecified atom stereocenters. The first-order valence-electron chi connectivity index (χ1n) is 11.1. The second-order valence-corrected chi connectivity index (χ2v) is 10.7. The van der Waals surface area contributed by atoms with E-state index in [4.69, 9.17) is 14.2 Å². The zero-order valence-corrected chi connectivity index (χ0v) is 21.8. The second-order valence-electron chi connectivity index (χ2n) is 7.95. The van der Waals surface area contributed by atoms with Crippen molar-refractivity contribution in [2.45, 2.75) is 4.90 Å². The number of benzene rings is 3. The van der Waals surface area contributed by atoms with Gasteiger partial charge in [-0.3, -0.25) is 4.79 Å². The van der Waals surface area contributed by atoms with Crippen LogP contribution in [-0.2, 0) is 10.0 Å². The summed E-state index contributed by atoms with van der Waals surface area (Å²) in [6.07, 6.45) is 1.26. The molecule has 0 aliphatic carbocycles. The van der Waals surface area contributed by atoms with Crippen molar-refractivity contribution < 1.29 is 27.4 Å². The van der Waals surface area contributed by atoms with Crippen LogP contribution in [0.3, 0.4) is 0 Å². The van der Waals surface area contributed by atoms with Crippen molar-refractivity contribution in [1.82, 2.24) is 8.96 Å². The number of thiophene rings is 1. The van der Waals surface area contributed by atoms with Crippen molar-refractivity contribution in [3.05, 3.63) is 89.6 Å². The van der Waals surface area contributed by atoms with E-state index >= 15 is 0 Å². The second kappa shape index (κ2) is 9.72. The number of carbonyl (C=O) groups excluding carboxylic acids is 1. The monoisotopic (exact) mass is 534 g/mol. The van der Waals surface area contributed by atoms with Gasteiger partial charge in [-0.1, -0.05) is 36.4 Å². The van der Waals surface area contributed by atoms with E-state index in [0.717, 1.165) is 14.1 Å². The van der Waals surface area contributed by atoms with Crippen molar-refractivity contribution in [2.24, 2.45) is 0 Å². The van der Waals surface area contributed by atoms with E-state index < -0.39 is 15.8 Å². The molecule has 0 saturated heterocycles. The first-order valence-corrected chi connectivity index (χ1v) is 13.4. The van der Waals surface area contributed by atoms with E-state index in [0.29, 0.717) is 22.8 Å². The molecule has 0 amide bonds. The summed E-state index contributed by atoms with van der Waals surface area (Å²) < 4.78 is 45.5. The topological polar surface area (TPSA) is 96.7 Å². The quantitative estimate of drug-likeness (QED) is 0.251. The van der Waals surface area contributed by atoms with Crippen molar-refractivity contribution in [2.75, 3.05) is 21.3 Å². The Morgan fingerprint density at radius 2 is 1.54 bits per heavy atom. The molecule has 10 heteroatoms. The summed E-state index contributed by atoms with van der Waals surface area (Å²) in [5, 5.41) is 2.69. The molecule has 0 N–H and O–H groups in total. The minimum atomic E-state index is -4.06. The van der Waals surface area contributed by atoms with Crippen LogP contribution in [0.25, 0.3) is 21.5 Å². The van der Waals surface area contributed by atoms with Crippen LogP contribution in [0.5, 0.6) is 17.2 Å². The molecule has 0 fully saturated rings. The van der Waals surface area contributed by atoms with Gasteiger partial charge in [0.25, 0.3) is 10.0 Å². The molecule has 2 heterocycles. The molecule has 0 saturated carbocycles. The molecule has 0 spiro atoms. The zero-order chi connectivity index (χ0) is 26.2. The third kappa shape index (κ3) is 4.24. The van der Waals surface area contributed by atoms with Crippen LogP contribution in [-0.4, -0.2) is 44.5 Å². The van der Waals surface area contributed by atoms with Gasteiger partial charge in [-0.05, 0) is 30.3 Å². The molecule has 2 aromatic heterocycles. The Kier molecular flexibility index (Phi) is 6.45. The Balaban J connectivity index is 1.72. The fourth-order valence-corrected chi connectivity index (χ4v) is 6.33. The number of ether oxygens (including phenoxy) is 3. The number of hydrogen-bond donors (Lipinski definition) is 0. The Bertz CT molecular complexity index is 1700. The Morgan fingerprint density at radius 3 is 2.19 bits per heavy atom. The van der Waals surface area contributed by atoms with Crippen molar-refractivity contribution in [1.29, 1.82) is 0 Å². The third-order valence-corrected chi connectivity index (χ3v) is 8.48. The smallest absolute Gasteiger partial charge is 0.269 e. The highest BCUT2D eigenvalue weighted by atomic mass is 32.2. The number of nitrogens with zero attached hydrogens (tertiary/aromatic N) is 2. The number of fused-ring (bicyclic) bond motifs is 1. The number of imidazole rings is 1. The van der Waals surface area contributed by atoms with E-state index in [1.54, 1.807) is 18.2 Å². The molecule has 0 atom stereocenters. The van der Waals surface area contributed by atoms with Crippen molar-refractivity contribution >= 4 is 37.2 Å². The van der Waals surface area contributed by atoms with E-state index in [2.05, 4.69) is 4.98 Å². The minimum absolute atomic E-state index is 0.0425. The Morgan fingerprint density at radius 1 is 0.892 bits per heavy atom. The lowest BCUT2D eigenvalue weighted by molar-refractivity contribution is 0.103. The standard InChI is InChI=1S/C27H22N2O6S2/c1-33-22-13-17(14-23(34-2)26(22)35-3)25(30)21-15-29(37(31,32)18-9-5-4-6-10-18)27(28-21)20-16-36-24-12-8-7-11-19(20)24/h4-16H,1-3H3. The zero-order valence-electron chi connectivity index (χ0n) is 20.2. The summed E-state index contributed by atoms with van der Waals surface area (Å²) >= 11 is 1.47. The molecule has 8 nitrogen and oxygen atoms in total. The fourth-order valence-electron chi connectivity index (χ4n) is 4.05. The molecule has 5 rings (SSSR count). The molecular weight excluding hydrogens is 512 g/mol. The van der Waals surface area contributed by atoms with Crippen LogP contribution in [0.2, 0.25) is 0 Å². The summed E-state index contributed by atoms with van der Waals surface area (Å²) in [5.74, 6) is 0.583. The van der Waals surface area contributed by atoms with Gasteiger partial charge in [-0.2, -0.15) is 0 Å². The van der Waals surface area contributed by atoms with Crippen molar-refractivity contribution in [3.8, 4) is 28.6 Å². The van der Waals surface area contributed by atoms with Crippen LogP contribution in [0.1, 0.15) is 16.1 Å². The van der Waals surface area contributed by atoms with Crippen molar-refractivity contribution in [3.63, 3.8) is 0 Å². The maximum Gasteiger partial charge on any atom is 0.269 e. The first kappa shape index (κ1) is 24.5. The fraction of sp³-hybridized carbons (Fsp3) is 0.111. The van der Waals surface area contributed by atoms with Crippen LogP contribution in [0.15, 0.2) is 83.2 Å². The molecular formula is C27H22N2O6S2. The SMILES string of the molecule is COc1cc(C(=O)c2cn(S(=O)(=O)c3ccccc3)c(-c3csc4ccccc34)n2)cc(OC)c1OC. The molecule has 37 heavy (non-hydrogen) atoms. The van der Waals surface area contributed by atoms with E-state index in [9.17, 15) is 13.2 Å². The number of rotatable bonds is 8. The number of aromatic nitrogens is 2. The van der Waals surface area contributed by atoms with Crippen LogP contribution < -0.4 is 14.2 Å². The number of hydrogen-bond acceptors (Lipinski definition) is 8. The number of ketones is 1. The van der Waals surface area contributed by atoms with Crippen LogP contribution >= 0.6 is 11.3 Å². The summed E-state index contributed by atoms with van der Waals surface area (Å²) in [5.41, 5.74) is 0.779. The van der Waals surface area contributed by atoms with Gasteiger partial charge in [0.2, 0.25) is 11.5 Å². The molecule has 3 aromatic carbocycles. The summed E-state index contributed by atoms with van der Waals surface area (Å²) in [6, 6.07) is 18.7. The lowest BCUT2D eigenvalue weighted by Crippen LogP contribution is -2.13. The highest BCUT2D eigenvalue weighted by molar-refractivity contribution is 7.90. The molecule has 0 aliphatic rings. The highest BCUT2D eigenvalue weighted by Crippen LogP contribution is 2.39. The molecule has 0 bridgehead atoms. The van der Waals surface area contributed by atoms with Gasteiger partial charge in [0.05, 0.1) is 32.4 Å². The van der Waals surface area contributed by atoms with Crippen LogP contribution in [0, 0.1) is 0 Å². The largest absolute Gasteiger partial charge is 0.493 e. The summed E-state index contributed by atoms with van der Waals surface area (Å²) in [4.78, 5) is 18.3. The number of carbonyl (C=O) groups is 1. The van der Waals surface area contributed by atoms with Gasteiger partial charge in [0, 0.05) is 26.6 Å². The van der Waals surface area contributed by atoms with Crippen LogP contribution in [0.4, 0.5) is 0 Å². The van der Waals surface area contributed by atoms with E-state index in [1.165, 1.54) is 63.1 Å². The summed E-state index contributed by atoms with van der Waals surface area (Å²) in [6.45, 7) is 0. The van der Waals surface area contributed by atoms with Gasteiger partial charge >= 0.3 is 0 Å². The summed E-state index contributed by atoms with van der Waals surface area (Å²) in [7, 11) is 0.311. The normalized spacial score (nSPS) is 11.4. The molecule has 0 radical (unpaired) electrons. The maximum absolute atomic E-state index is 13.7. The Labute approximate surface area is 217 Å². The lowest BCUT2D eigenvalue weighted by Gasteiger charge is -2.13. The predicted molar refractivity (Wildman–Crippen MR) is 142 cm³/mol. The molecule has 0 aliphatic heterocycles. The van der Waals surface area contributed by atoms with Gasteiger partial charge in [-0.25, -0.2) is 17.4 Å². The van der Waals surface area contributed by atoms with Gasteiger partial charge in [-0.15, -0.1) is 11.3 Å². The van der Waals surface area contributed by atoms with Gasteiger partial charge in [0.15, 0.2) is 17.3 Å². The van der Waals surface area contributed by atoms with E-state index in [-0.39, 0.29) is 22.0 Å². The predicted octanol–water partition coefficient (Wildman–Crippen LogP) is 5.26. The molecule has 188 valence electrons. The third-order valence-electron chi connectivity index (χ3n) is 5.86. The first-order chi connectivity index (χ1) is 17.9. The maximum atomic E-state index is 13.7. The lowest BCUT2D eigenvalue weighted by atomic mass is 10.1. The average molecular weight is 535 g/mol. The van der Waals surface area contributed by atoms with Gasteiger partial charge < -0.3 is 14.2 Å². The highest BCUT2D eigenvalue weighted by Gasteiger charge is 2.28. The number of methoxy groups -OCH3 is 3.